The number of rotatable bonds is 10. The van der Waals surface area contributed by atoms with Crippen molar-refractivity contribution in [3.8, 4) is 0 Å². The van der Waals surface area contributed by atoms with Crippen LogP contribution in [0.3, 0.4) is 0 Å². The number of nitrogens with zero attached hydrogens (tertiary/aromatic N) is 3. The van der Waals surface area contributed by atoms with Crippen molar-refractivity contribution in [2.75, 3.05) is 17.7 Å². The van der Waals surface area contributed by atoms with Crippen LogP contribution in [0, 0.1) is 0 Å². The second kappa shape index (κ2) is 9.56. The van der Waals surface area contributed by atoms with Gasteiger partial charge in [0, 0.05) is 17.3 Å². The molecule has 0 atom stereocenters. The summed E-state index contributed by atoms with van der Waals surface area (Å²) in [6, 6.07) is 1.80. The molecule has 1 amide bonds. The topological polar surface area (TPSA) is 86.1 Å². The van der Waals surface area contributed by atoms with Gasteiger partial charge in [-0.3, -0.25) is 4.79 Å². The molecule has 0 spiro atoms. The Balaban J connectivity index is 1.65. The molecule has 1 aliphatic rings. The van der Waals surface area contributed by atoms with Gasteiger partial charge in [0.1, 0.15) is 10.8 Å². The van der Waals surface area contributed by atoms with Crippen molar-refractivity contribution in [1.82, 2.24) is 14.8 Å². The minimum atomic E-state index is -0.404. The van der Waals surface area contributed by atoms with Gasteiger partial charge in [0.15, 0.2) is 5.16 Å². The van der Waals surface area contributed by atoms with E-state index < -0.39 is 5.97 Å². The highest BCUT2D eigenvalue weighted by Gasteiger charge is 2.30. The predicted octanol–water partition coefficient (Wildman–Crippen LogP) is 4.10. The van der Waals surface area contributed by atoms with Gasteiger partial charge in [-0.15, -0.1) is 21.5 Å². The van der Waals surface area contributed by atoms with Gasteiger partial charge in [0.05, 0.1) is 17.9 Å². The number of ether oxygens (including phenoxy) is 1. The van der Waals surface area contributed by atoms with Crippen LogP contribution in [0.5, 0.6) is 0 Å². The molecule has 0 aliphatic heterocycles. The number of carbonyl (C=O) groups is 2. The third kappa shape index (κ3) is 4.94. The molecule has 1 saturated carbocycles. The van der Waals surface area contributed by atoms with E-state index in [9.17, 15) is 9.59 Å². The SMILES string of the molecule is CCCn1c(SCC(=O)Nc2sc(CC)cc2C(=O)OCC)nnc1C1CC1. The molecule has 1 fully saturated rings. The molecule has 1 N–H and O–H groups in total. The average Bonchev–Trinajstić information content (AvgIpc) is 3.32. The Morgan fingerprint density at radius 3 is 2.75 bits per heavy atom. The number of anilines is 1. The maximum absolute atomic E-state index is 12.5. The summed E-state index contributed by atoms with van der Waals surface area (Å²) >= 11 is 2.80. The van der Waals surface area contributed by atoms with Crippen LogP contribution in [0.1, 0.15) is 67.0 Å². The van der Waals surface area contributed by atoms with Gasteiger partial charge < -0.3 is 14.6 Å². The van der Waals surface area contributed by atoms with Crippen LogP contribution in [-0.2, 0) is 22.5 Å². The van der Waals surface area contributed by atoms with Gasteiger partial charge in [-0.25, -0.2) is 4.79 Å². The molecule has 2 aromatic heterocycles. The van der Waals surface area contributed by atoms with Gasteiger partial charge >= 0.3 is 5.97 Å². The molecular weight excluding hydrogens is 396 g/mol. The fourth-order valence-electron chi connectivity index (χ4n) is 2.85. The summed E-state index contributed by atoms with van der Waals surface area (Å²) in [6.45, 7) is 7.07. The lowest BCUT2D eigenvalue weighted by atomic mass is 10.2. The quantitative estimate of drug-likeness (QED) is 0.458. The number of thioether (sulfide) groups is 1. The van der Waals surface area contributed by atoms with E-state index >= 15 is 0 Å². The number of amides is 1. The number of carbonyl (C=O) groups excluding carboxylic acids is 2. The molecule has 7 nitrogen and oxygen atoms in total. The zero-order valence-electron chi connectivity index (χ0n) is 16.5. The standard InChI is InChI=1S/C19H26N4O3S2/c1-4-9-23-16(12-7-8-12)21-22-19(23)27-11-15(24)20-17-14(18(25)26-6-3)10-13(5-2)28-17/h10,12H,4-9,11H2,1-3H3,(H,20,24). The molecule has 9 heteroatoms. The fourth-order valence-corrected chi connectivity index (χ4v) is 4.62. The smallest absolute Gasteiger partial charge is 0.341 e. The van der Waals surface area contributed by atoms with E-state index in [1.807, 2.05) is 6.92 Å². The minimum Gasteiger partial charge on any atom is -0.462 e. The second-order valence-electron chi connectivity index (χ2n) is 6.63. The van der Waals surface area contributed by atoms with E-state index in [0.717, 1.165) is 35.2 Å². The van der Waals surface area contributed by atoms with Crippen LogP contribution >= 0.6 is 23.1 Å². The Morgan fingerprint density at radius 2 is 2.11 bits per heavy atom. The van der Waals surface area contributed by atoms with Crippen LogP contribution < -0.4 is 5.32 Å². The van der Waals surface area contributed by atoms with Crippen LogP contribution in [0.4, 0.5) is 5.00 Å². The number of aryl methyl sites for hydroxylation is 1. The summed E-state index contributed by atoms with van der Waals surface area (Å²) in [5.74, 6) is 1.21. The fraction of sp³-hybridized carbons (Fsp3) is 0.579. The van der Waals surface area contributed by atoms with Gasteiger partial charge in [-0.05, 0) is 38.7 Å². The van der Waals surface area contributed by atoms with Crippen LogP contribution in [0.25, 0.3) is 0 Å². The number of esters is 1. The Bertz CT molecular complexity index is 842. The van der Waals surface area contributed by atoms with Gasteiger partial charge in [-0.1, -0.05) is 25.6 Å². The zero-order valence-corrected chi connectivity index (χ0v) is 18.1. The summed E-state index contributed by atoms with van der Waals surface area (Å²) in [6.07, 6.45) is 4.13. The van der Waals surface area contributed by atoms with Crippen molar-refractivity contribution in [3.63, 3.8) is 0 Å². The van der Waals surface area contributed by atoms with Gasteiger partial charge in [0.25, 0.3) is 0 Å². The Morgan fingerprint density at radius 1 is 1.32 bits per heavy atom. The molecule has 2 heterocycles. The Labute approximate surface area is 173 Å². The molecule has 1 aliphatic carbocycles. The summed E-state index contributed by atoms with van der Waals surface area (Å²) in [7, 11) is 0. The highest BCUT2D eigenvalue weighted by molar-refractivity contribution is 7.99. The highest BCUT2D eigenvalue weighted by Crippen LogP contribution is 2.40. The molecule has 0 aromatic carbocycles. The monoisotopic (exact) mass is 422 g/mol. The van der Waals surface area contributed by atoms with E-state index in [1.165, 1.54) is 35.9 Å². The molecule has 0 unspecified atom stereocenters. The minimum absolute atomic E-state index is 0.168. The lowest BCUT2D eigenvalue weighted by Crippen LogP contribution is -2.16. The van der Waals surface area contributed by atoms with E-state index in [-0.39, 0.29) is 11.7 Å². The molecule has 0 saturated heterocycles. The second-order valence-corrected chi connectivity index (χ2v) is 8.71. The number of nitrogens with one attached hydrogen (secondary N) is 1. The number of hydrogen-bond donors (Lipinski definition) is 1. The van der Waals surface area contributed by atoms with E-state index in [2.05, 4.69) is 27.0 Å². The van der Waals surface area contributed by atoms with Crippen molar-refractivity contribution in [2.24, 2.45) is 0 Å². The number of thiophene rings is 1. The van der Waals surface area contributed by atoms with Crippen molar-refractivity contribution >= 4 is 40.0 Å². The first-order chi connectivity index (χ1) is 13.6. The van der Waals surface area contributed by atoms with Crippen molar-refractivity contribution in [1.29, 1.82) is 0 Å². The highest BCUT2D eigenvalue weighted by atomic mass is 32.2. The molecule has 2 aromatic rings. The lowest BCUT2D eigenvalue weighted by molar-refractivity contribution is -0.113. The van der Waals surface area contributed by atoms with Crippen LogP contribution in [-0.4, -0.2) is 39.0 Å². The van der Waals surface area contributed by atoms with E-state index in [0.29, 0.717) is 23.1 Å². The lowest BCUT2D eigenvalue weighted by Gasteiger charge is -2.08. The summed E-state index contributed by atoms with van der Waals surface area (Å²) in [5.41, 5.74) is 0.423. The third-order valence-electron chi connectivity index (χ3n) is 4.35. The van der Waals surface area contributed by atoms with Crippen molar-refractivity contribution in [3.05, 3.63) is 22.3 Å². The van der Waals surface area contributed by atoms with Crippen molar-refractivity contribution in [2.45, 2.75) is 64.1 Å². The first-order valence-electron chi connectivity index (χ1n) is 9.72. The largest absolute Gasteiger partial charge is 0.462 e. The molecular formula is C19H26N4O3S2. The van der Waals surface area contributed by atoms with Gasteiger partial charge in [0.2, 0.25) is 5.91 Å². The normalized spacial score (nSPS) is 13.5. The first-order valence-corrected chi connectivity index (χ1v) is 11.5. The summed E-state index contributed by atoms with van der Waals surface area (Å²) in [4.78, 5) is 25.7. The van der Waals surface area contributed by atoms with Crippen LogP contribution in [0.2, 0.25) is 0 Å². The predicted molar refractivity (Wildman–Crippen MR) is 111 cm³/mol. The van der Waals surface area contributed by atoms with E-state index in [1.54, 1.807) is 13.0 Å². The molecule has 3 rings (SSSR count). The van der Waals surface area contributed by atoms with Gasteiger partial charge in [-0.2, -0.15) is 0 Å². The average molecular weight is 423 g/mol. The van der Waals surface area contributed by atoms with Crippen LogP contribution in [0.15, 0.2) is 11.2 Å². The molecule has 28 heavy (non-hydrogen) atoms. The maximum atomic E-state index is 12.5. The maximum Gasteiger partial charge on any atom is 0.341 e. The van der Waals surface area contributed by atoms with Crippen molar-refractivity contribution < 1.29 is 14.3 Å². The third-order valence-corrected chi connectivity index (χ3v) is 6.51. The summed E-state index contributed by atoms with van der Waals surface area (Å²) in [5, 5.41) is 12.8. The Kier molecular flexibility index (Phi) is 7.12. The van der Waals surface area contributed by atoms with E-state index in [4.69, 9.17) is 4.74 Å². The molecule has 152 valence electrons. The number of aromatic nitrogens is 3. The number of hydrogen-bond acceptors (Lipinski definition) is 7. The molecule has 0 radical (unpaired) electrons. The summed E-state index contributed by atoms with van der Waals surface area (Å²) < 4.78 is 7.24. The first kappa shape index (κ1) is 20.9. The zero-order chi connectivity index (χ0) is 20.1. The Hall–Kier alpha value is -1.87. The molecule has 0 bridgehead atoms.